The maximum absolute atomic E-state index is 13.3. The van der Waals surface area contributed by atoms with Crippen LogP contribution in [0.15, 0.2) is 46.0 Å². The molecule has 3 rings (SSSR count). The van der Waals surface area contributed by atoms with Gasteiger partial charge in [-0.1, -0.05) is 23.7 Å². The zero-order valence-electron chi connectivity index (χ0n) is 13.5. The van der Waals surface area contributed by atoms with E-state index in [1.165, 1.54) is 12.1 Å². The molecule has 0 aliphatic rings. The Labute approximate surface area is 154 Å². The van der Waals surface area contributed by atoms with Crippen LogP contribution < -0.4 is 10.9 Å². The van der Waals surface area contributed by atoms with E-state index in [0.717, 1.165) is 24.3 Å². The van der Waals surface area contributed by atoms with Crippen LogP contribution in [0.3, 0.4) is 0 Å². The highest BCUT2D eigenvalue weighted by Crippen LogP contribution is 2.35. The fourth-order valence-electron chi connectivity index (χ4n) is 2.82. The molecular weight excluding hydrogens is 391 g/mol. The number of hydrogen-bond donors (Lipinski definition) is 0. The fourth-order valence-corrected chi connectivity index (χ4v) is 3.04. The SMILES string of the molecule is O=c1c(Cc2ccc(F)c(F)c2)c(Cc2ccc(Cl)c(C(F)(F)F)c2)c1=O. The fraction of sp³-hybridized carbons (Fsp3) is 0.158. The first-order valence-electron chi connectivity index (χ1n) is 7.68. The van der Waals surface area contributed by atoms with Crippen molar-refractivity contribution in [3.63, 3.8) is 0 Å². The van der Waals surface area contributed by atoms with E-state index in [1.54, 1.807) is 0 Å². The van der Waals surface area contributed by atoms with E-state index in [-0.39, 0.29) is 35.1 Å². The summed E-state index contributed by atoms with van der Waals surface area (Å²) in [5.41, 5.74) is -2.05. The average molecular weight is 401 g/mol. The molecule has 0 saturated heterocycles. The van der Waals surface area contributed by atoms with Gasteiger partial charge in [0.05, 0.1) is 10.6 Å². The Morgan fingerprint density at radius 2 is 1.30 bits per heavy atom. The normalized spacial score (nSPS) is 11.9. The van der Waals surface area contributed by atoms with E-state index >= 15 is 0 Å². The van der Waals surface area contributed by atoms with E-state index < -0.39 is 39.3 Å². The molecule has 0 heterocycles. The molecule has 0 aliphatic heterocycles. The highest BCUT2D eigenvalue weighted by Gasteiger charge is 2.33. The molecule has 0 atom stereocenters. The van der Waals surface area contributed by atoms with Crippen molar-refractivity contribution in [1.29, 1.82) is 0 Å². The number of alkyl halides is 3. The Kier molecular flexibility index (Phi) is 4.90. The highest BCUT2D eigenvalue weighted by molar-refractivity contribution is 6.31. The predicted molar refractivity (Wildman–Crippen MR) is 89.8 cm³/mol. The summed E-state index contributed by atoms with van der Waals surface area (Å²) in [5.74, 6) is -2.15. The third kappa shape index (κ3) is 3.78. The lowest BCUT2D eigenvalue weighted by Gasteiger charge is -2.14. The van der Waals surface area contributed by atoms with E-state index in [1.807, 2.05) is 0 Å². The lowest BCUT2D eigenvalue weighted by atomic mass is 9.90. The van der Waals surface area contributed by atoms with Crippen LogP contribution in [0.5, 0.6) is 0 Å². The number of benzene rings is 2. The summed E-state index contributed by atoms with van der Waals surface area (Å²) >= 11 is 5.56. The van der Waals surface area contributed by atoms with Crippen molar-refractivity contribution in [2.45, 2.75) is 19.0 Å². The minimum Gasteiger partial charge on any atom is -0.285 e. The van der Waals surface area contributed by atoms with Crippen LogP contribution in [0.25, 0.3) is 0 Å². The third-order valence-electron chi connectivity index (χ3n) is 4.20. The first-order valence-corrected chi connectivity index (χ1v) is 8.06. The summed E-state index contributed by atoms with van der Waals surface area (Å²) in [6.07, 6.45) is -4.96. The van der Waals surface area contributed by atoms with Crippen LogP contribution in [0, 0.1) is 11.6 Å². The van der Waals surface area contributed by atoms with Crippen LogP contribution in [0.2, 0.25) is 5.02 Å². The van der Waals surface area contributed by atoms with Gasteiger partial charge in [-0.05, 0) is 35.4 Å². The molecule has 3 aromatic carbocycles. The highest BCUT2D eigenvalue weighted by atomic mass is 35.5. The molecule has 0 bridgehead atoms. The monoisotopic (exact) mass is 400 g/mol. The molecule has 0 amide bonds. The van der Waals surface area contributed by atoms with Crippen LogP contribution in [-0.4, -0.2) is 0 Å². The minimum atomic E-state index is -4.66. The lowest BCUT2D eigenvalue weighted by Crippen LogP contribution is -2.40. The molecule has 0 aliphatic carbocycles. The molecule has 140 valence electrons. The Morgan fingerprint density at radius 3 is 1.81 bits per heavy atom. The molecule has 0 radical (unpaired) electrons. The lowest BCUT2D eigenvalue weighted by molar-refractivity contribution is -0.137. The molecule has 0 N–H and O–H groups in total. The van der Waals surface area contributed by atoms with Crippen molar-refractivity contribution in [2.75, 3.05) is 0 Å². The second-order valence-electron chi connectivity index (χ2n) is 6.03. The van der Waals surface area contributed by atoms with Crippen molar-refractivity contribution in [3.8, 4) is 0 Å². The molecule has 0 aromatic heterocycles. The Morgan fingerprint density at radius 1 is 0.778 bits per heavy atom. The zero-order chi connectivity index (χ0) is 19.9. The van der Waals surface area contributed by atoms with Crippen LogP contribution >= 0.6 is 11.6 Å². The maximum atomic E-state index is 13.3. The van der Waals surface area contributed by atoms with Crippen molar-refractivity contribution in [2.24, 2.45) is 0 Å². The van der Waals surface area contributed by atoms with E-state index in [2.05, 4.69) is 0 Å². The molecule has 27 heavy (non-hydrogen) atoms. The molecule has 3 aromatic rings. The maximum Gasteiger partial charge on any atom is 0.417 e. The second-order valence-corrected chi connectivity index (χ2v) is 6.44. The standard InChI is InChI=1S/C19H10ClF5O2/c20-14-3-1-9(7-13(14)19(23,24)25)5-11-12(18(27)17(11)26)6-10-2-4-15(21)16(22)8-10/h1-4,7-8H,5-6H2. The van der Waals surface area contributed by atoms with Crippen LogP contribution in [0.1, 0.15) is 27.8 Å². The molecular formula is C19H10ClF5O2. The Balaban J connectivity index is 1.91. The van der Waals surface area contributed by atoms with Crippen molar-refractivity contribution in [1.82, 2.24) is 0 Å². The summed E-state index contributed by atoms with van der Waals surface area (Å²) in [7, 11) is 0. The Hall–Kier alpha value is -2.54. The summed E-state index contributed by atoms with van der Waals surface area (Å²) in [6.45, 7) is 0. The quantitative estimate of drug-likeness (QED) is 0.480. The van der Waals surface area contributed by atoms with Gasteiger partial charge >= 0.3 is 6.18 Å². The second kappa shape index (κ2) is 6.88. The van der Waals surface area contributed by atoms with Gasteiger partial charge in [-0.15, -0.1) is 0 Å². The topological polar surface area (TPSA) is 34.1 Å². The molecule has 0 fully saturated rings. The van der Waals surface area contributed by atoms with Gasteiger partial charge in [-0.3, -0.25) is 9.59 Å². The van der Waals surface area contributed by atoms with Gasteiger partial charge < -0.3 is 0 Å². The molecule has 8 heteroatoms. The van der Waals surface area contributed by atoms with Gasteiger partial charge in [0.1, 0.15) is 0 Å². The zero-order valence-corrected chi connectivity index (χ0v) is 14.2. The van der Waals surface area contributed by atoms with Gasteiger partial charge in [0, 0.05) is 24.0 Å². The van der Waals surface area contributed by atoms with Gasteiger partial charge in [0.15, 0.2) is 11.6 Å². The van der Waals surface area contributed by atoms with Crippen molar-refractivity contribution in [3.05, 3.63) is 101 Å². The summed E-state index contributed by atoms with van der Waals surface area (Å²) < 4.78 is 65.1. The van der Waals surface area contributed by atoms with Crippen molar-refractivity contribution >= 4 is 11.6 Å². The van der Waals surface area contributed by atoms with E-state index in [0.29, 0.717) is 0 Å². The smallest absolute Gasteiger partial charge is 0.285 e. The van der Waals surface area contributed by atoms with Gasteiger partial charge in [0.2, 0.25) is 10.9 Å². The molecule has 0 spiro atoms. The largest absolute Gasteiger partial charge is 0.417 e. The van der Waals surface area contributed by atoms with Crippen molar-refractivity contribution < 1.29 is 22.0 Å². The van der Waals surface area contributed by atoms with E-state index in [4.69, 9.17) is 11.6 Å². The van der Waals surface area contributed by atoms with Crippen LogP contribution in [-0.2, 0) is 19.0 Å². The van der Waals surface area contributed by atoms with Gasteiger partial charge in [-0.2, -0.15) is 13.2 Å². The Bertz CT molecular complexity index is 1090. The summed E-state index contributed by atoms with van der Waals surface area (Å²) in [5, 5.41) is -0.474. The molecule has 0 unspecified atom stereocenters. The third-order valence-corrected chi connectivity index (χ3v) is 4.53. The summed E-state index contributed by atoms with van der Waals surface area (Å²) in [6, 6.07) is 6.28. The van der Waals surface area contributed by atoms with E-state index in [9.17, 15) is 31.5 Å². The first kappa shape index (κ1) is 19.2. The molecule has 2 nitrogen and oxygen atoms in total. The predicted octanol–water partition coefficient (Wildman–Crippen LogP) is 4.41. The number of rotatable bonds is 4. The number of hydrogen-bond acceptors (Lipinski definition) is 2. The number of halogens is 6. The first-order chi connectivity index (χ1) is 12.6. The van der Waals surface area contributed by atoms with Gasteiger partial charge in [-0.25, -0.2) is 8.78 Å². The van der Waals surface area contributed by atoms with Gasteiger partial charge in [0.25, 0.3) is 0 Å². The molecule has 0 saturated carbocycles. The minimum absolute atomic E-state index is 0.0557. The van der Waals surface area contributed by atoms with Crippen LogP contribution in [0.4, 0.5) is 22.0 Å². The summed E-state index contributed by atoms with van der Waals surface area (Å²) in [4.78, 5) is 23.7. The average Bonchev–Trinajstić information content (AvgIpc) is 2.61.